The molecule has 0 aromatic heterocycles. The van der Waals surface area contributed by atoms with Gasteiger partial charge in [-0.1, -0.05) is 30.3 Å². The number of methoxy groups -OCH3 is 1. The van der Waals surface area contributed by atoms with Crippen LogP contribution in [0.15, 0.2) is 77.9 Å². The highest BCUT2D eigenvalue weighted by Gasteiger charge is 2.16. The number of esters is 1. The molecule has 0 aliphatic heterocycles. The van der Waals surface area contributed by atoms with Crippen LogP contribution in [0.1, 0.15) is 22.8 Å². The van der Waals surface area contributed by atoms with Gasteiger partial charge in [0.25, 0.3) is 0 Å². The lowest BCUT2D eigenvalue weighted by atomic mass is 10.2. The molecule has 0 fully saturated rings. The normalized spacial score (nSPS) is 10.6. The Bertz CT molecular complexity index is 987. The Hall–Kier alpha value is -3.80. The third-order valence-corrected chi connectivity index (χ3v) is 3.98. The second-order valence-corrected chi connectivity index (χ2v) is 5.97. The van der Waals surface area contributed by atoms with E-state index in [-0.39, 0.29) is 0 Å². The van der Waals surface area contributed by atoms with E-state index in [2.05, 4.69) is 10.5 Å². The van der Waals surface area contributed by atoms with Gasteiger partial charge >= 0.3 is 5.97 Å². The van der Waals surface area contributed by atoms with E-state index in [1.807, 2.05) is 37.3 Å². The van der Waals surface area contributed by atoms with Gasteiger partial charge in [0, 0.05) is 0 Å². The Morgan fingerprint density at radius 2 is 1.72 bits per heavy atom. The van der Waals surface area contributed by atoms with Crippen LogP contribution in [0.3, 0.4) is 0 Å². The van der Waals surface area contributed by atoms with E-state index < -0.39 is 5.97 Å². The fourth-order valence-electron chi connectivity index (χ4n) is 2.62. The monoisotopic (exact) mass is 390 g/mol. The fourth-order valence-corrected chi connectivity index (χ4v) is 2.62. The first-order chi connectivity index (χ1) is 14.2. The van der Waals surface area contributed by atoms with E-state index in [9.17, 15) is 4.79 Å². The molecule has 0 unspecified atom stereocenters. The van der Waals surface area contributed by atoms with Gasteiger partial charge in [-0.25, -0.2) is 4.79 Å². The van der Waals surface area contributed by atoms with Crippen LogP contribution in [0.4, 0.5) is 5.69 Å². The Kier molecular flexibility index (Phi) is 6.84. The lowest BCUT2D eigenvalue weighted by Crippen LogP contribution is -2.11. The summed E-state index contributed by atoms with van der Waals surface area (Å²) in [6, 6.07) is 21.8. The maximum absolute atomic E-state index is 12.6. The summed E-state index contributed by atoms with van der Waals surface area (Å²) in [6.45, 7) is 2.30. The van der Waals surface area contributed by atoms with Crippen molar-refractivity contribution in [3.63, 3.8) is 0 Å². The third-order valence-electron chi connectivity index (χ3n) is 3.98. The molecule has 0 heterocycles. The molecule has 0 amide bonds. The predicted octanol–water partition coefficient (Wildman–Crippen LogP) is 4.76. The summed E-state index contributed by atoms with van der Waals surface area (Å²) in [4.78, 5) is 12.6. The number of carbonyl (C=O) groups is 1. The van der Waals surface area contributed by atoms with E-state index in [0.717, 1.165) is 11.3 Å². The largest absolute Gasteiger partial charge is 0.496 e. The molecule has 0 saturated heterocycles. The number of hydrogen-bond donors (Lipinski definition) is 1. The molecule has 6 heteroatoms. The zero-order chi connectivity index (χ0) is 20.5. The van der Waals surface area contributed by atoms with Crippen LogP contribution < -0.4 is 19.6 Å². The molecule has 0 aliphatic rings. The van der Waals surface area contributed by atoms with Crippen molar-refractivity contribution in [3.8, 4) is 17.2 Å². The van der Waals surface area contributed by atoms with Crippen LogP contribution >= 0.6 is 0 Å². The van der Waals surface area contributed by atoms with Crippen LogP contribution in [-0.2, 0) is 0 Å². The highest BCUT2D eigenvalue weighted by Crippen LogP contribution is 2.30. The molecule has 6 nitrogen and oxygen atoms in total. The standard InChI is InChI=1S/C23H22N2O4/c1-3-28-22-15-17(16-24-25-18-9-5-4-6-10-18)13-14-21(22)29-23(26)19-11-7-8-12-20(19)27-2/h4-16,25H,3H2,1-2H3/b24-16+. The van der Waals surface area contributed by atoms with Gasteiger partial charge in [-0.05, 0) is 55.0 Å². The molecule has 0 radical (unpaired) electrons. The number of ether oxygens (including phenoxy) is 3. The lowest BCUT2D eigenvalue weighted by Gasteiger charge is -2.12. The van der Waals surface area contributed by atoms with Crippen molar-refractivity contribution < 1.29 is 19.0 Å². The molecule has 3 aromatic rings. The third kappa shape index (κ3) is 5.35. The first kappa shape index (κ1) is 19.9. The van der Waals surface area contributed by atoms with Gasteiger partial charge in [0.15, 0.2) is 11.5 Å². The van der Waals surface area contributed by atoms with Crippen molar-refractivity contribution in [1.29, 1.82) is 0 Å². The number of rotatable bonds is 8. The summed E-state index contributed by atoms with van der Waals surface area (Å²) in [7, 11) is 1.51. The van der Waals surface area contributed by atoms with Crippen molar-refractivity contribution in [2.45, 2.75) is 6.92 Å². The van der Waals surface area contributed by atoms with Crippen molar-refractivity contribution in [2.24, 2.45) is 5.10 Å². The maximum Gasteiger partial charge on any atom is 0.347 e. The average molecular weight is 390 g/mol. The molecular formula is C23H22N2O4. The summed E-state index contributed by atoms with van der Waals surface area (Å²) in [5.41, 5.74) is 4.98. The molecule has 0 spiro atoms. The van der Waals surface area contributed by atoms with Gasteiger partial charge in [-0.2, -0.15) is 5.10 Å². The highest BCUT2D eigenvalue weighted by atomic mass is 16.6. The fraction of sp³-hybridized carbons (Fsp3) is 0.130. The number of hydrogen-bond acceptors (Lipinski definition) is 6. The number of nitrogens with one attached hydrogen (secondary N) is 1. The van der Waals surface area contributed by atoms with Gasteiger partial charge < -0.3 is 14.2 Å². The van der Waals surface area contributed by atoms with Crippen LogP contribution in [0.5, 0.6) is 17.2 Å². The molecule has 3 rings (SSSR count). The van der Waals surface area contributed by atoms with E-state index in [1.165, 1.54) is 7.11 Å². The maximum atomic E-state index is 12.6. The number of para-hydroxylation sites is 2. The van der Waals surface area contributed by atoms with E-state index in [4.69, 9.17) is 14.2 Å². The Balaban J connectivity index is 1.76. The Morgan fingerprint density at radius 1 is 0.966 bits per heavy atom. The number of anilines is 1. The lowest BCUT2D eigenvalue weighted by molar-refractivity contribution is 0.0725. The molecule has 0 saturated carbocycles. The van der Waals surface area contributed by atoms with Gasteiger partial charge in [0.1, 0.15) is 11.3 Å². The second kappa shape index (κ2) is 9.94. The molecule has 0 bridgehead atoms. The topological polar surface area (TPSA) is 69.1 Å². The van der Waals surface area contributed by atoms with Crippen LogP contribution in [0, 0.1) is 0 Å². The minimum Gasteiger partial charge on any atom is -0.496 e. The number of nitrogens with zero attached hydrogens (tertiary/aromatic N) is 1. The van der Waals surface area contributed by atoms with E-state index in [0.29, 0.717) is 29.4 Å². The van der Waals surface area contributed by atoms with Crippen LogP contribution in [0.2, 0.25) is 0 Å². The summed E-state index contributed by atoms with van der Waals surface area (Å²) >= 11 is 0. The van der Waals surface area contributed by atoms with E-state index in [1.54, 1.807) is 48.7 Å². The molecular weight excluding hydrogens is 368 g/mol. The highest BCUT2D eigenvalue weighted by molar-refractivity contribution is 5.94. The minimum absolute atomic E-state index is 0.330. The van der Waals surface area contributed by atoms with E-state index >= 15 is 0 Å². The summed E-state index contributed by atoms with van der Waals surface area (Å²) in [6.07, 6.45) is 1.67. The first-order valence-corrected chi connectivity index (χ1v) is 9.17. The number of hydrazone groups is 1. The Labute approximate surface area is 169 Å². The second-order valence-electron chi connectivity index (χ2n) is 5.97. The van der Waals surface area contributed by atoms with Gasteiger partial charge in [-0.15, -0.1) is 0 Å². The zero-order valence-corrected chi connectivity index (χ0v) is 16.3. The Morgan fingerprint density at radius 3 is 2.48 bits per heavy atom. The summed E-state index contributed by atoms with van der Waals surface area (Å²) in [5, 5.41) is 4.22. The van der Waals surface area contributed by atoms with Crippen LogP contribution in [0.25, 0.3) is 0 Å². The number of carbonyl (C=O) groups excluding carboxylic acids is 1. The molecule has 0 atom stereocenters. The minimum atomic E-state index is -0.518. The molecule has 1 N–H and O–H groups in total. The average Bonchev–Trinajstić information content (AvgIpc) is 2.76. The van der Waals surface area contributed by atoms with Crippen molar-refractivity contribution >= 4 is 17.9 Å². The van der Waals surface area contributed by atoms with Gasteiger partial charge in [0.05, 0.1) is 25.6 Å². The smallest absolute Gasteiger partial charge is 0.347 e. The molecule has 3 aromatic carbocycles. The predicted molar refractivity (Wildman–Crippen MR) is 113 cm³/mol. The van der Waals surface area contributed by atoms with Gasteiger partial charge in [0.2, 0.25) is 0 Å². The van der Waals surface area contributed by atoms with Crippen molar-refractivity contribution in [2.75, 3.05) is 19.1 Å². The molecule has 0 aliphatic carbocycles. The molecule has 29 heavy (non-hydrogen) atoms. The number of benzene rings is 3. The molecule has 148 valence electrons. The van der Waals surface area contributed by atoms with Gasteiger partial charge in [-0.3, -0.25) is 5.43 Å². The zero-order valence-electron chi connectivity index (χ0n) is 16.3. The SMILES string of the molecule is CCOc1cc(/C=N/Nc2ccccc2)ccc1OC(=O)c1ccccc1OC. The van der Waals surface area contributed by atoms with Crippen molar-refractivity contribution in [1.82, 2.24) is 0 Å². The summed E-state index contributed by atoms with van der Waals surface area (Å²) in [5.74, 6) is 0.720. The quantitative estimate of drug-likeness (QED) is 0.260. The van der Waals surface area contributed by atoms with Crippen LogP contribution in [-0.4, -0.2) is 25.9 Å². The summed E-state index contributed by atoms with van der Waals surface area (Å²) < 4.78 is 16.4. The first-order valence-electron chi connectivity index (χ1n) is 9.17. The van der Waals surface area contributed by atoms with Crippen molar-refractivity contribution in [3.05, 3.63) is 83.9 Å².